The van der Waals surface area contributed by atoms with Crippen LogP contribution in [0.15, 0.2) is 23.1 Å². The van der Waals surface area contributed by atoms with Crippen molar-refractivity contribution in [3.63, 3.8) is 0 Å². The van der Waals surface area contributed by atoms with Crippen LogP contribution in [0.25, 0.3) is 6.08 Å². The Labute approximate surface area is 177 Å². The summed E-state index contributed by atoms with van der Waals surface area (Å²) in [6.45, 7) is 1.30. The van der Waals surface area contributed by atoms with Gasteiger partial charge in [-0.05, 0) is 47.9 Å². The zero-order chi connectivity index (χ0) is 22.3. The third-order valence-electron chi connectivity index (χ3n) is 4.18. The number of nitrogens with zero attached hydrogens (tertiary/aromatic N) is 1. The van der Waals surface area contributed by atoms with Gasteiger partial charge in [0.15, 0.2) is 11.5 Å². The highest BCUT2D eigenvalue weighted by atomic mass is 32.2. The molecule has 0 atom stereocenters. The Hall–Kier alpha value is -2.62. The Bertz CT molecular complexity index is 829. The van der Waals surface area contributed by atoms with Crippen LogP contribution in [-0.2, 0) is 9.59 Å². The van der Waals surface area contributed by atoms with Gasteiger partial charge in [-0.3, -0.25) is 19.3 Å². The number of imide groups is 1. The number of carbonyl (C=O) groups excluding carboxylic acids is 3. The topological polar surface area (TPSA) is 84.9 Å². The molecule has 1 aromatic rings. The van der Waals surface area contributed by atoms with Crippen LogP contribution in [0.2, 0.25) is 0 Å². The monoisotopic (exact) mass is 442 g/mol. The molecule has 0 aliphatic carbocycles. The molecule has 1 aliphatic heterocycles. The number of ether oxygens (including phenoxy) is 2. The Morgan fingerprint density at radius 2 is 2.00 bits per heavy atom. The van der Waals surface area contributed by atoms with Gasteiger partial charge < -0.3 is 14.8 Å². The molecule has 164 valence electrons. The maximum atomic E-state index is 12.5. The summed E-state index contributed by atoms with van der Waals surface area (Å²) in [6.07, 6.45) is 2.63. The predicted molar refractivity (Wildman–Crippen MR) is 109 cm³/mol. The molecule has 0 spiro atoms. The molecular formula is C20H24F2N2O5S. The lowest BCUT2D eigenvalue weighted by molar-refractivity contribution is -0.124. The first-order valence-electron chi connectivity index (χ1n) is 9.36. The molecule has 0 saturated carbocycles. The Kier molecular flexibility index (Phi) is 8.64. The van der Waals surface area contributed by atoms with Gasteiger partial charge in [-0.1, -0.05) is 19.9 Å². The van der Waals surface area contributed by atoms with Crippen molar-refractivity contribution < 1.29 is 32.6 Å². The largest absolute Gasteiger partial charge is 0.493 e. The summed E-state index contributed by atoms with van der Waals surface area (Å²) in [6, 6.07) is 4.21. The van der Waals surface area contributed by atoms with E-state index < -0.39 is 17.8 Å². The number of benzene rings is 1. The first kappa shape index (κ1) is 23.7. The summed E-state index contributed by atoms with van der Waals surface area (Å²) in [5.74, 6) is -0.243. The molecule has 0 unspecified atom stereocenters. The molecule has 0 radical (unpaired) electrons. The average Bonchev–Trinajstić information content (AvgIpc) is 2.94. The lowest BCUT2D eigenvalue weighted by Crippen LogP contribution is -2.37. The molecule has 7 nitrogen and oxygen atoms in total. The first-order chi connectivity index (χ1) is 14.2. The van der Waals surface area contributed by atoms with E-state index >= 15 is 0 Å². The predicted octanol–water partition coefficient (Wildman–Crippen LogP) is 3.89. The van der Waals surface area contributed by atoms with E-state index in [1.54, 1.807) is 0 Å². The minimum atomic E-state index is -2.99. The van der Waals surface area contributed by atoms with Gasteiger partial charge in [0.25, 0.3) is 11.1 Å². The number of methoxy groups -OCH3 is 1. The van der Waals surface area contributed by atoms with E-state index in [2.05, 4.69) is 10.1 Å². The van der Waals surface area contributed by atoms with Gasteiger partial charge in [-0.25, -0.2) is 0 Å². The van der Waals surface area contributed by atoms with Gasteiger partial charge >= 0.3 is 6.61 Å². The van der Waals surface area contributed by atoms with E-state index in [4.69, 9.17) is 4.74 Å². The van der Waals surface area contributed by atoms with Crippen LogP contribution >= 0.6 is 11.8 Å². The fraction of sp³-hybridized carbons (Fsp3) is 0.450. The van der Waals surface area contributed by atoms with Gasteiger partial charge in [-0.15, -0.1) is 0 Å². The highest BCUT2D eigenvalue weighted by Gasteiger charge is 2.34. The van der Waals surface area contributed by atoms with E-state index in [9.17, 15) is 23.2 Å². The van der Waals surface area contributed by atoms with E-state index in [0.29, 0.717) is 17.9 Å². The van der Waals surface area contributed by atoms with Crippen LogP contribution in [0.5, 0.6) is 11.5 Å². The molecule has 0 bridgehead atoms. The summed E-state index contributed by atoms with van der Waals surface area (Å²) >= 11 is 0.772. The molecular weight excluding hydrogens is 418 g/mol. The van der Waals surface area contributed by atoms with Gasteiger partial charge in [0.05, 0.1) is 12.0 Å². The van der Waals surface area contributed by atoms with Gasteiger partial charge in [0.1, 0.15) is 0 Å². The summed E-state index contributed by atoms with van der Waals surface area (Å²) in [7, 11) is 1.31. The Morgan fingerprint density at radius 3 is 2.63 bits per heavy atom. The number of nitrogens with one attached hydrogen (secondary N) is 1. The molecule has 1 aliphatic rings. The summed E-state index contributed by atoms with van der Waals surface area (Å²) in [4.78, 5) is 37.7. The van der Waals surface area contributed by atoms with E-state index in [-0.39, 0.29) is 35.4 Å². The van der Waals surface area contributed by atoms with Gasteiger partial charge in [-0.2, -0.15) is 8.78 Å². The third kappa shape index (κ3) is 6.72. The van der Waals surface area contributed by atoms with Crippen molar-refractivity contribution in [2.24, 2.45) is 5.92 Å². The third-order valence-corrected chi connectivity index (χ3v) is 5.09. The van der Waals surface area contributed by atoms with Crippen molar-refractivity contribution in [2.45, 2.75) is 33.3 Å². The number of carbonyl (C=O) groups is 3. The number of alkyl halides is 2. The molecule has 0 aromatic heterocycles. The fourth-order valence-electron chi connectivity index (χ4n) is 2.63. The van der Waals surface area contributed by atoms with E-state index in [1.165, 1.54) is 31.4 Å². The summed E-state index contributed by atoms with van der Waals surface area (Å²) < 4.78 is 34.2. The summed E-state index contributed by atoms with van der Waals surface area (Å²) in [5, 5.41) is 2.26. The fourth-order valence-corrected chi connectivity index (χ4v) is 3.49. The average molecular weight is 442 g/mol. The van der Waals surface area contributed by atoms with Crippen LogP contribution < -0.4 is 14.8 Å². The normalized spacial score (nSPS) is 15.4. The number of hydrogen-bond donors (Lipinski definition) is 1. The number of thioether (sulfide) groups is 1. The zero-order valence-electron chi connectivity index (χ0n) is 16.9. The van der Waals surface area contributed by atoms with Crippen molar-refractivity contribution in [3.05, 3.63) is 28.7 Å². The van der Waals surface area contributed by atoms with Crippen molar-refractivity contribution in [1.82, 2.24) is 10.2 Å². The number of hydrogen-bond acceptors (Lipinski definition) is 6. The highest BCUT2D eigenvalue weighted by Crippen LogP contribution is 2.34. The van der Waals surface area contributed by atoms with Crippen LogP contribution in [0, 0.1) is 5.92 Å². The van der Waals surface area contributed by atoms with Crippen molar-refractivity contribution >= 4 is 34.9 Å². The molecule has 3 amide bonds. The Balaban J connectivity index is 2.00. The number of halogens is 2. The van der Waals surface area contributed by atoms with Gasteiger partial charge in [0.2, 0.25) is 5.91 Å². The lowest BCUT2D eigenvalue weighted by atomic mass is 10.1. The lowest BCUT2D eigenvalue weighted by Gasteiger charge is -2.13. The minimum absolute atomic E-state index is 0.0694. The first-order valence-corrected chi connectivity index (χ1v) is 10.2. The van der Waals surface area contributed by atoms with Crippen LogP contribution in [0.1, 0.15) is 32.3 Å². The molecule has 1 heterocycles. The SMILES string of the molecule is COc1cc(/C=C2\SC(=O)N(CCNC(=O)CCC(C)C)C2=O)ccc1OC(F)F. The molecule has 1 aromatic carbocycles. The van der Waals surface area contributed by atoms with Crippen LogP contribution in [0.3, 0.4) is 0 Å². The van der Waals surface area contributed by atoms with Crippen molar-refractivity contribution in [2.75, 3.05) is 20.2 Å². The minimum Gasteiger partial charge on any atom is -0.493 e. The molecule has 1 N–H and O–H groups in total. The number of amides is 3. The maximum Gasteiger partial charge on any atom is 0.387 e. The van der Waals surface area contributed by atoms with Crippen LogP contribution in [-0.4, -0.2) is 48.8 Å². The standard InChI is InChI=1S/C20H24F2N2O5S/c1-12(2)4-7-17(25)23-8-9-24-18(26)16(30-20(24)27)11-13-5-6-14(29-19(21)22)15(10-13)28-3/h5-6,10-12,19H,4,7-9H2,1-3H3,(H,23,25)/b16-11-. The molecule has 1 saturated heterocycles. The Morgan fingerprint density at radius 1 is 1.27 bits per heavy atom. The highest BCUT2D eigenvalue weighted by molar-refractivity contribution is 8.18. The smallest absolute Gasteiger partial charge is 0.387 e. The second-order valence-electron chi connectivity index (χ2n) is 6.90. The molecule has 10 heteroatoms. The van der Waals surface area contributed by atoms with Gasteiger partial charge in [0, 0.05) is 19.5 Å². The second kappa shape index (κ2) is 11.0. The molecule has 1 fully saturated rings. The van der Waals surface area contributed by atoms with Crippen LogP contribution in [0.4, 0.5) is 13.6 Å². The maximum absolute atomic E-state index is 12.5. The number of rotatable bonds is 10. The molecule has 2 rings (SSSR count). The van der Waals surface area contributed by atoms with Crippen molar-refractivity contribution in [3.8, 4) is 11.5 Å². The van der Waals surface area contributed by atoms with E-state index in [1.807, 2.05) is 13.8 Å². The molecule has 30 heavy (non-hydrogen) atoms. The summed E-state index contributed by atoms with van der Waals surface area (Å²) in [5.41, 5.74) is 0.487. The zero-order valence-corrected chi connectivity index (χ0v) is 17.8. The second-order valence-corrected chi connectivity index (χ2v) is 7.90. The van der Waals surface area contributed by atoms with E-state index in [0.717, 1.165) is 23.1 Å². The van der Waals surface area contributed by atoms with Crippen molar-refractivity contribution in [1.29, 1.82) is 0 Å². The quantitative estimate of drug-likeness (QED) is 0.554.